The van der Waals surface area contributed by atoms with Crippen molar-refractivity contribution >= 4 is 6.29 Å². The molecule has 0 N–H and O–H groups in total. The number of carbonyl (C=O) groups excluding carboxylic acids is 1. The molecule has 2 heteroatoms. The van der Waals surface area contributed by atoms with Crippen LogP contribution in [0.25, 0.3) is 0 Å². The van der Waals surface area contributed by atoms with E-state index in [-0.39, 0.29) is 6.10 Å². The molecular weight excluding hydrogens is 164 g/mol. The molecule has 0 aromatic heterocycles. The average Bonchev–Trinajstić information content (AvgIpc) is 2.16. The van der Waals surface area contributed by atoms with Gasteiger partial charge in [0.2, 0.25) is 0 Å². The number of aldehydes is 1. The van der Waals surface area contributed by atoms with E-state index in [1.807, 2.05) is 12.2 Å². The molecule has 76 valence electrons. The summed E-state index contributed by atoms with van der Waals surface area (Å²) >= 11 is 0. The number of methoxy groups -OCH3 is 1. The Balaban J connectivity index is 3.55. The van der Waals surface area contributed by atoms with Crippen molar-refractivity contribution in [1.82, 2.24) is 0 Å². The molecule has 1 unspecified atom stereocenters. The highest BCUT2D eigenvalue weighted by Gasteiger charge is 2.00. The zero-order valence-corrected chi connectivity index (χ0v) is 8.66. The molecule has 0 saturated heterocycles. The highest BCUT2D eigenvalue weighted by molar-refractivity contribution is 5.51. The van der Waals surface area contributed by atoms with Gasteiger partial charge < -0.3 is 9.53 Å². The van der Waals surface area contributed by atoms with E-state index in [0.717, 1.165) is 12.7 Å². The van der Waals surface area contributed by atoms with Gasteiger partial charge in [0.05, 0.1) is 6.10 Å². The summed E-state index contributed by atoms with van der Waals surface area (Å²) in [5, 5.41) is 0. The van der Waals surface area contributed by atoms with Crippen molar-refractivity contribution in [3.63, 3.8) is 0 Å². The van der Waals surface area contributed by atoms with Crippen molar-refractivity contribution in [3.05, 3.63) is 12.2 Å². The van der Waals surface area contributed by atoms with Gasteiger partial charge in [-0.15, -0.1) is 0 Å². The van der Waals surface area contributed by atoms with Gasteiger partial charge in [0, 0.05) is 13.5 Å². The van der Waals surface area contributed by atoms with E-state index in [9.17, 15) is 4.79 Å². The van der Waals surface area contributed by atoms with Crippen molar-refractivity contribution in [2.24, 2.45) is 0 Å². The predicted molar refractivity (Wildman–Crippen MR) is 54.8 cm³/mol. The van der Waals surface area contributed by atoms with Crippen LogP contribution in [-0.4, -0.2) is 19.5 Å². The number of hydrogen-bond donors (Lipinski definition) is 0. The van der Waals surface area contributed by atoms with E-state index in [0.29, 0.717) is 6.42 Å². The molecule has 0 fully saturated rings. The summed E-state index contributed by atoms with van der Waals surface area (Å²) in [6.07, 6.45) is 10.2. The smallest absolute Gasteiger partial charge is 0.123 e. The third-order valence-corrected chi connectivity index (χ3v) is 1.98. The van der Waals surface area contributed by atoms with Gasteiger partial charge in [-0.1, -0.05) is 38.3 Å². The normalized spacial score (nSPS) is 13.4. The van der Waals surface area contributed by atoms with E-state index in [1.54, 1.807) is 7.11 Å². The van der Waals surface area contributed by atoms with Gasteiger partial charge in [-0.05, 0) is 6.42 Å². The van der Waals surface area contributed by atoms with Crippen LogP contribution in [0.5, 0.6) is 0 Å². The summed E-state index contributed by atoms with van der Waals surface area (Å²) in [7, 11) is 1.71. The number of hydrogen-bond acceptors (Lipinski definition) is 2. The first-order valence-corrected chi connectivity index (χ1v) is 4.98. The molecule has 0 spiro atoms. The summed E-state index contributed by atoms with van der Waals surface area (Å²) in [5.41, 5.74) is 0. The van der Waals surface area contributed by atoms with Gasteiger partial charge in [0.25, 0.3) is 0 Å². The van der Waals surface area contributed by atoms with Crippen LogP contribution in [0.4, 0.5) is 0 Å². The van der Waals surface area contributed by atoms with Crippen molar-refractivity contribution < 1.29 is 9.53 Å². The van der Waals surface area contributed by atoms with E-state index in [2.05, 4.69) is 6.92 Å². The van der Waals surface area contributed by atoms with Crippen LogP contribution in [-0.2, 0) is 9.53 Å². The van der Waals surface area contributed by atoms with E-state index in [1.165, 1.54) is 19.3 Å². The SMILES string of the molecule is CCCCCC(/C=C/CC=O)OC. The van der Waals surface area contributed by atoms with Gasteiger partial charge in [-0.2, -0.15) is 0 Å². The summed E-state index contributed by atoms with van der Waals surface area (Å²) in [6, 6.07) is 0. The number of carbonyl (C=O) groups is 1. The Kier molecular flexibility index (Phi) is 9.00. The lowest BCUT2D eigenvalue weighted by Gasteiger charge is -2.09. The number of rotatable bonds is 8. The van der Waals surface area contributed by atoms with Crippen LogP contribution in [0, 0.1) is 0 Å². The van der Waals surface area contributed by atoms with Crippen molar-refractivity contribution in [3.8, 4) is 0 Å². The first-order valence-electron chi connectivity index (χ1n) is 4.98. The molecule has 0 aromatic carbocycles. The number of unbranched alkanes of at least 4 members (excludes halogenated alkanes) is 2. The fourth-order valence-electron chi connectivity index (χ4n) is 1.17. The molecule has 0 aliphatic carbocycles. The molecule has 13 heavy (non-hydrogen) atoms. The van der Waals surface area contributed by atoms with Crippen LogP contribution in [0.2, 0.25) is 0 Å². The number of allylic oxidation sites excluding steroid dienone is 1. The van der Waals surface area contributed by atoms with Crippen LogP contribution in [0.15, 0.2) is 12.2 Å². The zero-order valence-electron chi connectivity index (χ0n) is 8.66. The van der Waals surface area contributed by atoms with Crippen LogP contribution >= 0.6 is 0 Å². The van der Waals surface area contributed by atoms with Crippen molar-refractivity contribution in [2.75, 3.05) is 7.11 Å². The molecular formula is C11H20O2. The largest absolute Gasteiger partial charge is 0.377 e. The first kappa shape index (κ1) is 12.4. The van der Waals surface area contributed by atoms with Crippen LogP contribution in [0.3, 0.4) is 0 Å². The second-order valence-electron chi connectivity index (χ2n) is 3.10. The van der Waals surface area contributed by atoms with Gasteiger partial charge in [-0.3, -0.25) is 0 Å². The van der Waals surface area contributed by atoms with Gasteiger partial charge in [-0.25, -0.2) is 0 Å². The molecule has 0 rings (SSSR count). The highest BCUT2D eigenvalue weighted by atomic mass is 16.5. The molecule has 0 aromatic rings. The molecule has 0 bridgehead atoms. The van der Waals surface area contributed by atoms with E-state index in [4.69, 9.17) is 4.74 Å². The third-order valence-electron chi connectivity index (χ3n) is 1.98. The average molecular weight is 184 g/mol. The molecule has 0 aliphatic heterocycles. The number of ether oxygens (including phenoxy) is 1. The summed E-state index contributed by atoms with van der Waals surface area (Å²) in [5.74, 6) is 0. The van der Waals surface area contributed by atoms with Crippen molar-refractivity contribution in [2.45, 2.75) is 45.1 Å². The minimum absolute atomic E-state index is 0.187. The lowest BCUT2D eigenvalue weighted by atomic mass is 10.1. The zero-order chi connectivity index (χ0) is 9.94. The molecule has 0 aliphatic rings. The lowest BCUT2D eigenvalue weighted by molar-refractivity contribution is -0.107. The van der Waals surface area contributed by atoms with Gasteiger partial charge >= 0.3 is 0 Å². The first-order chi connectivity index (χ1) is 6.35. The van der Waals surface area contributed by atoms with Gasteiger partial charge in [0.1, 0.15) is 6.29 Å². The maximum absolute atomic E-state index is 10.0. The third kappa shape index (κ3) is 7.72. The summed E-state index contributed by atoms with van der Waals surface area (Å²) < 4.78 is 5.24. The minimum atomic E-state index is 0.187. The van der Waals surface area contributed by atoms with Crippen LogP contribution < -0.4 is 0 Å². The maximum Gasteiger partial charge on any atom is 0.123 e. The molecule has 2 nitrogen and oxygen atoms in total. The standard InChI is InChI=1S/C11H20O2/c1-3-4-5-8-11(13-2)9-6-7-10-12/h6,9-11H,3-5,7-8H2,1-2H3/b9-6+. The molecule has 0 amide bonds. The molecule has 0 radical (unpaired) electrons. The summed E-state index contributed by atoms with van der Waals surface area (Å²) in [4.78, 5) is 10.0. The Labute approximate surface area is 81.0 Å². The van der Waals surface area contributed by atoms with Crippen LogP contribution in [0.1, 0.15) is 39.0 Å². The Morgan fingerprint density at radius 1 is 1.38 bits per heavy atom. The second-order valence-corrected chi connectivity index (χ2v) is 3.10. The minimum Gasteiger partial charge on any atom is -0.377 e. The molecule has 0 heterocycles. The Morgan fingerprint density at radius 2 is 2.15 bits per heavy atom. The van der Waals surface area contributed by atoms with E-state index < -0.39 is 0 Å². The Hall–Kier alpha value is -0.630. The Bertz CT molecular complexity index is 141. The highest BCUT2D eigenvalue weighted by Crippen LogP contribution is 2.07. The molecule has 1 atom stereocenters. The van der Waals surface area contributed by atoms with Gasteiger partial charge in [0.15, 0.2) is 0 Å². The predicted octanol–water partition coefficient (Wildman–Crippen LogP) is 2.73. The second kappa shape index (κ2) is 9.46. The Morgan fingerprint density at radius 3 is 2.69 bits per heavy atom. The fraction of sp³-hybridized carbons (Fsp3) is 0.727. The maximum atomic E-state index is 10.0. The molecule has 0 saturated carbocycles. The lowest BCUT2D eigenvalue weighted by Crippen LogP contribution is -2.06. The summed E-state index contributed by atoms with van der Waals surface area (Å²) in [6.45, 7) is 2.18. The van der Waals surface area contributed by atoms with Crippen molar-refractivity contribution in [1.29, 1.82) is 0 Å². The van der Waals surface area contributed by atoms with E-state index >= 15 is 0 Å². The fourth-order valence-corrected chi connectivity index (χ4v) is 1.17. The quantitative estimate of drug-likeness (QED) is 0.329. The topological polar surface area (TPSA) is 26.3 Å². The monoisotopic (exact) mass is 184 g/mol.